The zero-order chi connectivity index (χ0) is 14.5. The van der Waals surface area contributed by atoms with Gasteiger partial charge in [0.25, 0.3) is 0 Å². The molecule has 0 aliphatic heterocycles. The molecule has 2 aromatic rings. The van der Waals surface area contributed by atoms with Crippen LogP contribution in [0.15, 0.2) is 42.5 Å². The molecule has 0 aliphatic carbocycles. The Morgan fingerprint density at radius 1 is 1.10 bits per heavy atom. The number of hydrogen-bond acceptors (Lipinski definition) is 1. The average Bonchev–Trinajstić information content (AvgIpc) is 2.43. The van der Waals surface area contributed by atoms with Gasteiger partial charge in [0.05, 0.1) is 10.0 Å². The first kappa shape index (κ1) is 15.3. The molecule has 2 aromatic carbocycles. The van der Waals surface area contributed by atoms with E-state index in [2.05, 4.69) is 5.32 Å². The molecule has 20 heavy (non-hydrogen) atoms. The predicted molar refractivity (Wildman–Crippen MR) is 83.2 cm³/mol. The topological polar surface area (TPSA) is 12.0 Å². The van der Waals surface area contributed by atoms with E-state index in [0.717, 1.165) is 5.56 Å². The highest BCUT2D eigenvalue weighted by atomic mass is 35.5. The van der Waals surface area contributed by atoms with E-state index >= 15 is 0 Å². The second-order valence-corrected chi connectivity index (χ2v) is 5.54. The maximum atomic E-state index is 13.9. The molecule has 1 N–H and O–H groups in total. The summed E-state index contributed by atoms with van der Waals surface area (Å²) in [5, 5.41) is 4.18. The van der Waals surface area contributed by atoms with Crippen molar-refractivity contribution in [3.05, 3.63) is 69.5 Å². The van der Waals surface area contributed by atoms with Crippen LogP contribution in [-0.4, -0.2) is 13.6 Å². The number of hydrogen-bond donors (Lipinski definition) is 1. The smallest absolute Gasteiger partial charge is 0.126 e. The number of likely N-dealkylation sites (N-methyl/N-ethyl adjacent to an activating group) is 1. The Balaban J connectivity index is 2.25. The predicted octanol–water partition coefficient (Wildman–Crippen LogP) is 4.68. The molecule has 0 spiro atoms. The molecule has 0 heterocycles. The van der Waals surface area contributed by atoms with E-state index in [-0.39, 0.29) is 11.7 Å². The molecular weight excluding hydrogens is 296 g/mol. The molecule has 0 amide bonds. The summed E-state index contributed by atoms with van der Waals surface area (Å²) >= 11 is 11.9. The van der Waals surface area contributed by atoms with Gasteiger partial charge >= 0.3 is 0 Å². The van der Waals surface area contributed by atoms with Gasteiger partial charge in [0.1, 0.15) is 5.82 Å². The molecule has 106 valence electrons. The SMILES string of the molecule is CNCC(Cc1ccc(Cl)c(Cl)c1)c1ccccc1F. The Morgan fingerprint density at radius 3 is 2.50 bits per heavy atom. The third kappa shape index (κ3) is 3.72. The second-order valence-electron chi connectivity index (χ2n) is 4.73. The quantitative estimate of drug-likeness (QED) is 0.845. The molecule has 0 aliphatic rings. The Bertz CT molecular complexity index is 586. The monoisotopic (exact) mass is 311 g/mol. The molecule has 1 atom stereocenters. The van der Waals surface area contributed by atoms with Crippen LogP contribution in [0.3, 0.4) is 0 Å². The molecule has 0 radical (unpaired) electrons. The van der Waals surface area contributed by atoms with Crippen LogP contribution in [0.4, 0.5) is 4.39 Å². The van der Waals surface area contributed by atoms with Crippen LogP contribution in [0.1, 0.15) is 17.0 Å². The zero-order valence-electron chi connectivity index (χ0n) is 11.2. The van der Waals surface area contributed by atoms with Crippen molar-refractivity contribution in [3.63, 3.8) is 0 Å². The van der Waals surface area contributed by atoms with E-state index < -0.39 is 0 Å². The summed E-state index contributed by atoms with van der Waals surface area (Å²) in [7, 11) is 1.86. The van der Waals surface area contributed by atoms with Crippen molar-refractivity contribution in [2.24, 2.45) is 0 Å². The lowest BCUT2D eigenvalue weighted by Crippen LogP contribution is -2.20. The maximum Gasteiger partial charge on any atom is 0.126 e. The highest BCUT2D eigenvalue weighted by Crippen LogP contribution is 2.27. The first-order chi connectivity index (χ1) is 9.61. The summed E-state index contributed by atoms with van der Waals surface area (Å²) in [5.41, 5.74) is 1.76. The van der Waals surface area contributed by atoms with Gasteiger partial charge in [-0.15, -0.1) is 0 Å². The molecule has 0 fully saturated rings. The van der Waals surface area contributed by atoms with Crippen molar-refractivity contribution in [3.8, 4) is 0 Å². The number of halogens is 3. The van der Waals surface area contributed by atoms with E-state index in [1.54, 1.807) is 12.1 Å². The molecule has 1 nitrogen and oxygen atoms in total. The molecular formula is C16H16Cl2FN. The summed E-state index contributed by atoms with van der Waals surface area (Å²) in [6.07, 6.45) is 0.707. The molecule has 1 unspecified atom stereocenters. The minimum absolute atomic E-state index is 0.0541. The lowest BCUT2D eigenvalue weighted by molar-refractivity contribution is 0.556. The van der Waals surface area contributed by atoms with Crippen molar-refractivity contribution < 1.29 is 4.39 Å². The number of nitrogens with one attached hydrogen (secondary N) is 1. The Kier molecular flexibility index (Phi) is 5.41. The molecule has 4 heteroatoms. The lowest BCUT2D eigenvalue weighted by Gasteiger charge is -2.18. The summed E-state index contributed by atoms with van der Waals surface area (Å²) in [5.74, 6) is -0.119. The van der Waals surface area contributed by atoms with Crippen LogP contribution >= 0.6 is 23.2 Å². The van der Waals surface area contributed by atoms with E-state index in [4.69, 9.17) is 23.2 Å². The van der Waals surface area contributed by atoms with Gasteiger partial charge in [-0.2, -0.15) is 0 Å². The Hall–Kier alpha value is -1.09. The van der Waals surface area contributed by atoms with Gasteiger partial charge < -0.3 is 5.32 Å². The minimum Gasteiger partial charge on any atom is -0.319 e. The van der Waals surface area contributed by atoms with Gasteiger partial charge in [-0.25, -0.2) is 4.39 Å². The van der Waals surface area contributed by atoms with Gasteiger partial charge in [-0.1, -0.05) is 47.5 Å². The number of benzene rings is 2. The van der Waals surface area contributed by atoms with Gasteiger partial charge in [0, 0.05) is 12.5 Å². The Labute approximate surface area is 128 Å². The highest BCUT2D eigenvalue weighted by molar-refractivity contribution is 6.42. The van der Waals surface area contributed by atoms with Gasteiger partial charge in [-0.05, 0) is 42.8 Å². The third-order valence-electron chi connectivity index (χ3n) is 3.26. The average molecular weight is 312 g/mol. The fourth-order valence-corrected chi connectivity index (χ4v) is 2.62. The zero-order valence-corrected chi connectivity index (χ0v) is 12.7. The van der Waals surface area contributed by atoms with Crippen LogP contribution in [0, 0.1) is 5.82 Å². The molecule has 0 bridgehead atoms. The lowest BCUT2D eigenvalue weighted by atomic mass is 9.91. The van der Waals surface area contributed by atoms with E-state index in [0.29, 0.717) is 28.6 Å². The van der Waals surface area contributed by atoms with Crippen molar-refractivity contribution in [2.45, 2.75) is 12.3 Å². The van der Waals surface area contributed by atoms with E-state index in [9.17, 15) is 4.39 Å². The number of rotatable bonds is 5. The second kappa shape index (κ2) is 7.07. The largest absolute Gasteiger partial charge is 0.319 e. The maximum absolute atomic E-state index is 13.9. The van der Waals surface area contributed by atoms with Crippen molar-refractivity contribution in [1.29, 1.82) is 0 Å². The fourth-order valence-electron chi connectivity index (χ4n) is 2.30. The third-order valence-corrected chi connectivity index (χ3v) is 4.00. The van der Waals surface area contributed by atoms with Gasteiger partial charge in [-0.3, -0.25) is 0 Å². The first-order valence-corrected chi connectivity index (χ1v) is 7.20. The van der Waals surface area contributed by atoms with Crippen LogP contribution < -0.4 is 5.32 Å². The molecule has 2 rings (SSSR count). The van der Waals surface area contributed by atoms with Gasteiger partial charge in [0.15, 0.2) is 0 Å². The van der Waals surface area contributed by atoms with Crippen molar-refractivity contribution in [1.82, 2.24) is 5.32 Å². The van der Waals surface area contributed by atoms with Crippen molar-refractivity contribution in [2.75, 3.05) is 13.6 Å². The minimum atomic E-state index is -0.173. The normalized spacial score (nSPS) is 12.4. The Morgan fingerprint density at radius 2 is 1.85 bits per heavy atom. The summed E-state index contributed by atoms with van der Waals surface area (Å²) < 4.78 is 13.9. The van der Waals surface area contributed by atoms with Crippen LogP contribution in [0.2, 0.25) is 10.0 Å². The van der Waals surface area contributed by atoms with Gasteiger partial charge in [0.2, 0.25) is 0 Å². The summed E-state index contributed by atoms with van der Waals surface area (Å²) in [6.45, 7) is 0.696. The van der Waals surface area contributed by atoms with E-state index in [1.165, 1.54) is 6.07 Å². The summed E-state index contributed by atoms with van der Waals surface area (Å²) in [6, 6.07) is 12.4. The molecule has 0 saturated heterocycles. The van der Waals surface area contributed by atoms with Crippen molar-refractivity contribution >= 4 is 23.2 Å². The fraction of sp³-hybridized carbons (Fsp3) is 0.250. The van der Waals surface area contributed by atoms with Crippen LogP contribution in [0.5, 0.6) is 0 Å². The molecule has 0 aromatic heterocycles. The first-order valence-electron chi connectivity index (χ1n) is 6.44. The van der Waals surface area contributed by atoms with Crippen LogP contribution in [0.25, 0.3) is 0 Å². The van der Waals surface area contributed by atoms with E-state index in [1.807, 2.05) is 31.3 Å². The molecule has 0 saturated carbocycles. The highest BCUT2D eigenvalue weighted by Gasteiger charge is 2.16. The summed E-state index contributed by atoms with van der Waals surface area (Å²) in [4.78, 5) is 0. The van der Waals surface area contributed by atoms with Crippen LogP contribution in [-0.2, 0) is 6.42 Å². The standard InChI is InChI=1S/C16H16Cl2FN/c1-20-10-12(13-4-2-3-5-16(13)19)8-11-6-7-14(17)15(18)9-11/h2-7,9,12,20H,8,10H2,1H3.